The van der Waals surface area contributed by atoms with Gasteiger partial charge in [0.1, 0.15) is 0 Å². The Morgan fingerprint density at radius 3 is 2.74 bits per heavy atom. The van der Waals surface area contributed by atoms with Crippen LogP contribution < -0.4 is 5.32 Å². The zero-order valence-electron chi connectivity index (χ0n) is 10.8. The molecule has 0 atom stereocenters. The first-order valence-corrected chi connectivity index (χ1v) is 7.06. The molecule has 2 aromatic heterocycles. The number of nitrogens with zero attached hydrogens (tertiary/aromatic N) is 4. The molecule has 0 fully saturated rings. The fraction of sp³-hybridized carbons (Fsp3) is 0.333. The van der Waals surface area contributed by atoms with Gasteiger partial charge in [0, 0.05) is 25.1 Å². The van der Waals surface area contributed by atoms with Gasteiger partial charge >= 0.3 is 0 Å². The van der Waals surface area contributed by atoms with E-state index >= 15 is 0 Å². The minimum Gasteiger partial charge on any atom is -0.350 e. The smallest absolute Gasteiger partial charge is 0.254 e. The number of amides is 1. The maximum Gasteiger partial charge on any atom is 0.254 e. The molecule has 100 valence electrons. The SMILES string of the molecule is CSc1ncc(C(=O)NCCn2ccc(C)n2)cn1. The summed E-state index contributed by atoms with van der Waals surface area (Å²) < 4.78 is 1.79. The van der Waals surface area contributed by atoms with Crippen molar-refractivity contribution < 1.29 is 4.79 Å². The Morgan fingerprint density at radius 1 is 1.42 bits per heavy atom. The Labute approximate surface area is 115 Å². The highest BCUT2D eigenvalue weighted by Crippen LogP contribution is 2.06. The molecule has 0 aliphatic rings. The van der Waals surface area contributed by atoms with Crippen LogP contribution in [0.4, 0.5) is 0 Å². The average Bonchev–Trinajstić information content (AvgIpc) is 2.84. The van der Waals surface area contributed by atoms with Crippen molar-refractivity contribution >= 4 is 17.7 Å². The molecule has 0 aliphatic carbocycles. The summed E-state index contributed by atoms with van der Waals surface area (Å²) in [7, 11) is 0. The number of carbonyl (C=O) groups excluding carboxylic acids is 1. The summed E-state index contributed by atoms with van der Waals surface area (Å²) in [5.74, 6) is -0.170. The minimum atomic E-state index is -0.170. The molecular weight excluding hydrogens is 262 g/mol. The van der Waals surface area contributed by atoms with Gasteiger partial charge in [-0.2, -0.15) is 5.10 Å². The van der Waals surface area contributed by atoms with Gasteiger partial charge in [0.25, 0.3) is 5.91 Å². The van der Waals surface area contributed by atoms with E-state index < -0.39 is 0 Å². The Balaban J connectivity index is 1.83. The van der Waals surface area contributed by atoms with Gasteiger partial charge in [-0.05, 0) is 19.2 Å². The molecular formula is C12H15N5OS. The van der Waals surface area contributed by atoms with Crippen molar-refractivity contribution in [1.29, 1.82) is 0 Å². The second kappa shape index (κ2) is 6.33. The van der Waals surface area contributed by atoms with Crippen LogP contribution in [-0.4, -0.2) is 38.5 Å². The molecule has 0 aromatic carbocycles. The van der Waals surface area contributed by atoms with E-state index in [4.69, 9.17) is 0 Å². The molecule has 1 N–H and O–H groups in total. The van der Waals surface area contributed by atoms with Crippen LogP contribution in [0.2, 0.25) is 0 Å². The third-order valence-electron chi connectivity index (χ3n) is 2.47. The molecule has 1 amide bonds. The van der Waals surface area contributed by atoms with E-state index in [0.717, 1.165) is 5.69 Å². The molecule has 2 rings (SSSR count). The van der Waals surface area contributed by atoms with E-state index in [1.807, 2.05) is 25.4 Å². The number of aryl methyl sites for hydroxylation is 1. The minimum absolute atomic E-state index is 0.170. The van der Waals surface area contributed by atoms with E-state index in [1.165, 1.54) is 24.2 Å². The van der Waals surface area contributed by atoms with Gasteiger partial charge in [-0.25, -0.2) is 9.97 Å². The summed E-state index contributed by atoms with van der Waals surface area (Å²) in [6, 6.07) is 1.93. The van der Waals surface area contributed by atoms with Crippen molar-refractivity contribution in [3.05, 3.63) is 35.9 Å². The van der Waals surface area contributed by atoms with E-state index in [2.05, 4.69) is 20.4 Å². The number of carbonyl (C=O) groups is 1. The van der Waals surface area contributed by atoms with Crippen molar-refractivity contribution in [2.45, 2.75) is 18.6 Å². The van der Waals surface area contributed by atoms with Crippen LogP contribution in [-0.2, 0) is 6.54 Å². The van der Waals surface area contributed by atoms with Crippen LogP contribution in [0.5, 0.6) is 0 Å². The standard InChI is InChI=1S/C12H15N5OS/c1-9-3-5-17(16-9)6-4-13-11(18)10-7-14-12(19-2)15-8-10/h3,5,7-8H,4,6H2,1-2H3,(H,13,18). The highest BCUT2D eigenvalue weighted by atomic mass is 32.2. The monoisotopic (exact) mass is 277 g/mol. The van der Waals surface area contributed by atoms with E-state index in [9.17, 15) is 4.79 Å². The van der Waals surface area contributed by atoms with E-state index in [0.29, 0.717) is 23.8 Å². The third kappa shape index (κ3) is 3.78. The van der Waals surface area contributed by atoms with Crippen LogP contribution in [0.1, 0.15) is 16.1 Å². The lowest BCUT2D eigenvalue weighted by atomic mass is 10.3. The quantitative estimate of drug-likeness (QED) is 0.655. The summed E-state index contributed by atoms with van der Waals surface area (Å²) in [6.45, 7) is 3.09. The summed E-state index contributed by atoms with van der Waals surface area (Å²) in [6.07, 6.45) is 6.84. The number of aromatic nitrogens is 4. The molecule has 0 saturated heterocycles. The normalized spacial score (nSPS) is 10.4. The van der Waals surface area contributed by atoms with Crippen molar-refractivity contribution in [3.8, 4) is 0 Å². The van der Waals surface area contributed by atoms with Crippen LogP contribution in [0.3, 0.4) is 0 Å². The number of nitrogens with one attached hydrogen (secondary N) is 1. The van der Waals surface area contributed by atoms with Crippen LogP contribution >= 0.6 is 11.8 Å². The molecule has 2 heterocycles. The number of rotatable bonds is 5. The summed E-state index contributed by atoms with van der Waals surface area (Å²) >= 11 is 1.44. The Morgan fingerprint density at radius 2 is 2.16 bits per heavy atom. The molecule has 6 nitrogen and oxygen atoms in total. The molecule has 7 heteroatoms. The highest BCUT2D eigenvalue weighted by Gasteiger charge is 2.06. The first-order valence-electron chi connectivity index (χ1n) is 5.83. The van der Waals surface area contributed by atoms with Crippen LogP contribution in [0.25, 0.3) is 0 Å². The van der Waals surface area contributed by atoms with Gasteiger partial charge in [0.15, 0.2) is 5.16 Å². The zero-order valence-corrected chi connectivity index (χ0v) is 11.6. The first kappa shape index (κ1) is 13.5. The molecule has 0 aliphatic heterocycles. The van der Waals surface area contributed by atoms with Crippen molar-refractivity contribution in [3.63, 3.8) is 0 Å². The summed E-state index contributed by atoms with van der Waals surface area (Å²) in [4.78, 5) is 19.9. The van der Waals surface area contributed by atoms with Crippen LogP contribution in [0.15, 0.2) is 29.8 Å². The maximum absolute atomic E-state index is 11.8. The molecule has 0 saturated carbocycles. The maximum atomic E-state index is 11.8. The first-order chi connectivity index (χ1) is 9.19. The number of thioether (sulfide) groups is 1. The lowest BCUT2D eigenvalue weighted by Gasteiger charge is -2.05. The molecule has 0 radical (unpaired) electrons. The van der Waals surface area contributed by atoms with E-state index in [1.54, 1.807) is 4.68 Å². The summed E-state index contributed by atoms with van der Waals surface area (Å²) in [5.41, 5.74) is 1.43. The Hall–Kier alpha value is -1.89. The van der Waals surface area contributed by atoms with Crippen molar-refractivity contribution in [2.75, 3.05) is 12.8 Å². The average molecular weight is 277 g/mol. The Kier molecular flexibility index (Phi) is 4.51. The van der Waals surface area contributed by atoms with Gasteiger partial charge < -0.3 is 5.32 Å². The third-order valence-corrected chi connectivity index (χ3v) is 3.05. The molecule has 0 unspecified atom stereocenters. The molecule has 19 heavy (non-hydrogen) atoms. The van der Waals surface area contributed by atoms with Gasteiger partial charge in [0.05, 0.1) is 17.8 Å². The Bertz CT molecular complexity index is 552. The van der Waals surface area contributed by atoms with Crippen LogP contribution in [0, 0.1) is 6.92 Å². The topological polar surface area (TPSA) is 72.7 Å². The second-order valence-corrected chi connectivity index (χ2v) is 4.71. The fourth-order valence-electron chi connectivity index (χ4n) is 1.51. The second-order valence-electron chi connectivity index (χ2n) is 3.93. The number of hydrogen-bond donors (Lipinski definition) is 1. The fourth-order valence-corrected chi connectivity index (χ4v) is 1.83. The lowest BCUT2D eigenvalue weighted by molar-refractivity contribution is 0.0951. The van der Waals surface area contributed by atoms with E-state index in [-0.39, 0.29) is 5.91 Å². The van der Waals surface area contributed by atoms with Gasteiger partial charge in [-0.15, -0.1) is 0 Å². The van der Waals surface area contributed by atoms with Crippen molar-refractivity contribution in [1.82, 2.24) is 25.1 Å². The predicted molar refractivity (Wildman–Crippen MR) is 73.1 cm³/mol. The lowest BCUT2D eigenvalue weighted by Crippen LogP contribution is -2.27. The predicted octanol–water partition coefficient (Wildman–Crippen LogP) is 1.13. The summed E-state index contributed by atoms with van der Waals surface area (Å²) in [5, 5.41) is 7.70. The van der Waals surface area contributed by atoms with Gasteiger partial charge in [0.2, 0.25) is 0 Å². The van der Waals surface area contributed by atoms with Gasteiger partial charge in [-0.1, -0.05) is 11.8 Å². The molecule has 0 bridgehead atoms. The zero-order chi connectivity index (χ0) is 13.7. The molecule has 2 aromatic rings. The van der Waals surface area contributed by atoms with Gasteiger partial charge in [-0.3, -0.25) is 9.48 Å². The molecule has 0 spiro atoms. The number of hydrogen-bond acceptors (Lipinski definition) is 5. The van der Waals surface area contributed by atoms with Crippen molar-refractivity contribution in [2.24, 2.45) is 0 Å². The largest absolute Gasteiger partial charge is 0.350 e. The highest BCUT2D eigenvalue weighted by molar-refractivity contribution is 7.98.